The first kappa shape index (κ1) is 27.9. The second-order valence-electron chi connectivity index (χ2n) is 11.1. The van der Waals surface area contributed by atoms with Gasteiger partial charge in [0.15, 0.2) is 0 Å². The maximum atomic E-state index is 4.96. The highest BCUT2D eigenvalue weighted by molar-refractivity contribution is 8.01. The number of thioether (sulfide) groups is 2. The highest BCUT2D eigenvalue weighted by Gasteiger charge is 2.15. The van der Waals surface area contributed by atoms with E-state index >= 15 is 0 Å². The monoisotopic (exact) mass is 536 g/mol. The number of hydrogen-bond donors (Lipinski definition) is 0. The van der Waals surface area contributed by atoms with E-state index in [2.05, 4.69) is 126 Å². The van der Waals surface area contributed by atoms with Crippen molar-refractivity contribution < 1.29 is 0 Å². The summed E-state index contributed by atoms with van der Waals surface area (Å²) in [5, 5.41) is 0. The van der Waals surface area contributed by atoms with Crippen molar-refractivity contribution in [1.82, 2.24) is 0 Å². The van der Waals surface area contributed by atoms with Crippen LogP contribution in [0.1, 0.15) is 52.7 Å². The lowest BCUT2D eigenvalue weighted by Crippen LogP contribution is -2.07. The molecule has 4 heteroatoms. The molecule has 0 bridgehead atoms. The molecule has 0 fully saturated rings. The Morgan fingerprint density at radius 3 is 1.21 bits per heavy atom. The van der Waals surface area contributed by atoms with Crippen LogP contribution in [0.5, 0.6) is 0 Å². The zero-order chi connectivity index (χ0) is 27.2. The first-order valence-electron chi connectivity index (χ1n) is 12.9. The van der Waals surface area contributed by atoms with Crippen LogP contribution in [0.4, 0.5) is 11.4 Å². The molecular formula is C34H36N2S2. The largest absolute Gasteiger partial charge is 0.256 e. The topological polar surface area (TPSA) is 24.7 Å². The Kier molecular flexibility index (Phi) is 8.96. The molecule has 0 amide bonds. The molecule has 4 aromatic carbocycles. The van der Waals surface area contributed by atoms with E-state index < -0.39 is 0 Å². The van der Waals surface area contributed by atoms with Crippen LogP contribution in [0.2, 0.25) is 0 Å². The van der Waals surface area contributed by atoms with Crippen molar-refractivity contribution in [2.24, 2.45) is 9.98 Å². The van der Waals surface area contributed by atoms with E-state index in [0.717, 1.165) is 33.6 Å². The number of rotatable bonds is 7. The van der Waals surface area contributed by atoms with Crippen LogP contribution in [0, 0.1) is 0 Å². The molecule has 0 aliphatic heterocycles. The fourth-order valence-electron chi connectivity index (χ4n) is 3.93. The van der Waals surface area contributed by atoms with Gasteiger partial charge in [-0.15, -0.1) is 23.5 Å². The number of para-hydroxylation sites is 2. The van der Waals surface area contributed by atoms with E-state index in [-0.39, 0.29) is 9.49 Å². The molecule has 0 aliphatic carbocycles. The summed E-state index contributed by atoms with van der Waals surface area (Å²) in [5.74, 6) is 0. The molecule has 0 N–H and O–H groups in total. The second kappa shape index (κ2) is 12.2. The van der Waals surface area contributed by atoms with Crippen LogP contribution in [0.15, 0.2) is 117 Å². The summed E-state index contributed by atoms with van der Waals surface area (Å²) in [6.07, 6.45) is 3.97. The first-order valence-corrected chi connectivity index (χ1v) is 14.5. The summed E-state index contributed by atoms with van der Waals surface area (Å²) in [5.41, 5.74) is 6.23. The summed E-state index contributed by atoms with van der Waals surface area (Å²) in [7, 11) is 0. The van der Waals surface area contributed by atoms with Gasteiger partial charge in [0.05, 0.1) is 11.4 Å². The Labute approximate surface area is 236 Å². The van der Waals surface area contributed by atoms with E-state index in [1.807, 2.05) is 48.1 Å². The zero-order valence-electron chi connectivity index (χ0n) is 23.1. The fourth-order valence-corrected chi connectivity index (χ4v) is 6.02. The van der Waals surface area contributed by atoms with Gasteiger partial charge in [0, 0.05) is 54.0 Å². The van der Waals surface area contributed by atoms with E-state index in [1.165, 1.54) is 9.79 Å². The average Bonchev–Trinajstić information content (AvgIpc) is 2.86. The number of aliphatic imine (C=N–C) groups is 2. The Hall–Kier alpha value is -3.08. The minimum atomic E-state index is 0.128. The normalized spacial score (nSPS) is 12.5. The second-order valence-corrected chi connectivity index (χ2v) is 14.8. The quantitative estimate of drug-likeness (QED) is 0.173. The SMILES string of the molecule is CC(C)(C)Sc1ccccc1C=Nc1ccccc1-c1ccccc1N=Cc1ccccc1SC(C)(C)C. The summed E-state index contributed by atoms with van der Waals surface area (Å²) < 4.78 is 0.256. The molecule has 0 atom stereocenters. The van der Waals surface area contributed by atoms with Gasteiger partial charge in [0.2, 0.25) is 0 Å². The summed E-state index contributed by atoms with van der Waals surface area (Å²) in [4.78, 5) is 12.4. The lowest BCUT2D eigenvalue weighted by molar-refractivity contribution is 0.802. The number of benzene rings is 4. The third-order valence-electron chi connectivity index (χ3n) is 5.45. The molecule has 4 rings (SSSR count). The van der Waals surface area contributed by atoms with Crippen LogP contribution in [-0.2, 0) is 0 Å². The first-order chi connectivity index (χ1) is 18.1. The third kappa shape index (κ3) is 7.96. The van der Waals surface area contributed by atoms with Gasteiger partial charge in [-0.2, -0.15) is 0 Å². The predicted molar refractivity (Wildman–Crippen MR) is 170 cm³/mol. The van der Waals surface area contributed by atoms with Gasteiger partial charge in [-0.1, -0.05) is 114 Å². The molecule has 0 spiro atoms. The maximum absolute atomic E-state index is 4.96. The van der Waals surface area contributed by atoms with Gasteiger partial charge < -0.3 is 0 Å². The van der Waals surface area contributed by atoms with Gasteiger partial charge in [-0.25, -0.2) is 0 Å². The van der Waals surface area contributed by atoms with Crippen molar-refractivity contribution >= 4 is 47.3 Å². The number of hydrogen-bond acceptors (Lipinski definition) is 4. The standard InChI is InChI=1S/C34H36N2S2/c1-33(2,3)37-31-21-13-7-15-25(31)23-35-29-19-11-9-17-27(29)28-18-10-12-20-30(28)36-24-26-16-8-14-22-32(26)38-34(4,5)6/h7-24H,1-6H3. The highest BCUT2D eigenvalue weighted by atomic mass is 32.2. The van der Waals surface area contributed by atoms with Crippen LogP contribution < -0.4 is 0 Å². The van der Waals surface area contributed by atoms with E-state index in [1.54, 1.807) is 0 Å². The molecule has 2 nitrogen and oxygen atoms in total. The molecule has 0 unspecified atom stereocenters. The molecule has 0 saturated carbocycles. The predicted octanol–water partition coefficient (Wildman–Crippen LogP) is 10.6. The summed E-state index contributed by atoms with van der Waals surface area (Å²) >= 11 is 3.72. The van der Waals surface area contributed by atoms with Crippen molar-refractivity contribution in [2.45, 2.75) is 60.8 Å². The molecule has 0 aromatic heterocycles. The lowest BCUT2D eigenvalue weighted by atomic mass is 10.0. The summed E-state index contributed by atoms with van der Waals surface area (Å²) in [6, 6.07) is 33.5. The third-order valence-corrected chi connectivity index (χ3v) is 7.86. The minimum Gasteiger partial charge on any atom is -0.256 e. The Morgan fingerprint density at radius 1 is 0.474 bits per heavy atom. The van der Waals surface area contributed by atoms with Gasteiger partial charge in [0.25, 0.3) is 0 Å². The van der Waals surface area contributed by atoms with E-state index in [0.29, 0.717) is 0 Å². The van der Waals surface area contributed by atoms with Crippen molar-refractivity contribution in [3.63, 3.8) is 0 Å². The lowest BCUT2D eigenvalue weighted by Gasteiger charge is -2.19. The maximum Gasteiger partial charge on any atom is 0.0709 e. The molecule has 38 heavy (non-hydrogen) atoms. The minimum absolute atomic E-state index is 0.128. The van der Waals surface area contributed by atoms with Gasteiger partial charge >= 0.3 is 0 Å². The molecule has 4 aromatic rings. The fraction of sp³-hybridized carbons (Fsp3) is 0.235. The van der Waals surface area contributed by atoms with Crippen molar-refractivity contribution in [3.05, 3.63) is 108 Å². The van der Waals surface area contributed by atoms with Gasteiger partial charge in [-0.3, -0.25) is 9.98 Å². The van der Waals surface area contributed by atoms with Crippen LogP contribution in [-0.4, -0.2) is 21.9 Å². The molecule has 0 aliphatic rings. The average molecular weight is 537 g/mol. The Morgan fingerprint density at radius 2 is 0.816 bits per heavy atom. The van der Waals surface area contributed by atoms with Gasteiger partial charge in [-0.05, 0) is 24.3 Å². The van der Waals surface area contributed by atoms with Crippen molar-refractivity contribution in [1.29, 1.82) is 0 Å². The van der Waals surface area contributed by atoms with Crippen LogP contribution >= 0.6 is 23.5 Å². The van der Waals surface area contributed by atoms with Gasteiger partial charge in [0.1, 0.15) is 0 Å². The zero-order valence-corrected chi connectivity index (χ0v) is 24.7. The highest BCUT2D eigenvalue weighted by Crippen LogP contribution is 2.38. The van der Waals surface area contributed by atoms with E-state index in [9.17, 15) is 0 Å². The smallest absolute Gasteiger partial charge is 0.0709 e. The van der Waals surface area contributed by atoms with E-state index in [4.69, 9.17) is 9.98 Å². The molecule has 194 valence electrons. The van der Waals surface area contributed by atoms with Crippen molar-refractivity contribution in [2.75, 3.05) is 0 Å². The van der Waals surface area contributed by atoms with Crippen LogP contribution in [0.3, 0.4) is 0 Å². The Balaban J connectivity index is 1.68. The molecule has 0 heterocycles. The Bertz CT molecular complexity index is 1330. The summed E-state index contributed by atoms with van der Waals surface area (Å²) in [6.45, 7) is 13.4. The van der Waals surface area contributed by atoms with Crippen molar-refractivity contribution in [3.8, 4) is 11.1 Å². The van der Waals surface area contributed by atoms with Crippen LogP contribution in [0.25, 0.3) is 11.1 Å². The number of nitrogens with zero attached hydrogens (tertiary/aromatic N) is 2. The molecular weight excluding hydrogens is 501 g/mol. The molecule has 0 radical (unpaired) electrons. The molecule has 0 saturated heterocycles.